The van der Waals surface area contributed by atoms with Crippen LogP contribution < -0.4 is 4.72 Å². The summed E-state index contributed by atoms with van der Waals surface area (Å²) in [5, 5.41) is 9.56. The van der Waals surface area contributed by atoms with E-state index in [2.05, 4.69) is 4.72 Å². The van der Waals surface area contributed by atoms with Crippen LogP contribution in [0.4, 0.5) is 5.69 Å². The first-order chi connectivity index (χ1) is 12.0. The van der Waals surface area contributed by atoms with Gasteiger partial charge in [0.15, 0.2) is 5.78 Å². The second-order valence-electron chi connectivity index (χ2n) is 5.29. The molecule has 2 aromatic carbocycles. The molecule has 0 aliphatic carbocycles. The summed E-state index contributed by atoms with van der Waals surface area (Å²) in [6.45, 7) is -0.538. The Morgan fingerprint density at radius 2 is 1.84 bits per heavy atom. The summed E-state index contributed by atoms with van der Waals surface area (Å²) in [6.07, 6.45) is 2.83. The molecule has 3 rings (SSSR count). The molecule has 1 aromatic heterocycles. The third-order valence-electron chi connectivity index (χ3n) is 3.45. The van der Waals surface area contributed by atoms with E-state index in [9.17, 15) is 13.2 Å². The molecule has 0 amide bonds. The average molecular weight is 373 g/mol. The van der Waals surface area contributed by atoms with Gasteiger partial charge in [-0.25, -0.2) is 8.42 Å². The summed E-state index contributed by atoms with van der Waals surface area (Å²) in [5.74, 6) is -0.394. The molecule has 2 N–H and O–H groups in total. The minimum atomic E-state index is -3.65. The van der Waals surface area contributed by atoms with E-state index >= 15 is 0 Å². The predicted octanol–water partition coefficient (Wildman–Crippen LogP) is 3.28. The molecular formula is C18H15NO4S2. The summed E-state index contributed by atoms with van der Waals surface area (Å²) in [6, 6.07) is 15.8. The molecule has 0 saturated heterocycles. The first-order valence-electron chi connectivity index (χ1n) is 7.41. The van der Waals surface area contributed by atoms with E-state index in [1.165, 1.54) is 17.4 Å². The minimum absolute atomic E-state index is 0.256. The van der Waals surface area contributed by atoms with Crippen molar-refractivity contribution in [3.05, 3.63) is 66.2 Å². The van der Waals surface area contributed by atoms with Crippen molar-refractivity contribution in [1.82, 2.24) is 0 Å². The standard InChI is InChI=1S/C18H15NO4S2/c20-12-16(21)10-7-13-5-8-15(9-6-13)19-25(22,23)18-11-14-3-1-2-4-17(14)24-18/h1-11,19-20H,12H2/b10-7+. The van der Waals surface area contributed by atoms with Crippen molar-refractivity contribution < 1.29 is 18.3 Å². The van der Waals surface area contributed by atoms with Gasteiger partial charge in [-0.1, -0.05) is 36.4 Å². The number of carbonyl (C=O) groups excluding carboxylic acids is 1. The van der Waals surface area contributed by atoms with Crippen molar-refractivity contribution in [2.24, 2.45) is 0 Å². The van der Waals surface area contributed by atoms with Crippen molar-refractivity contribution in [3.8, 4) is 0 Å². The number of benzene rings is 2. The number of nitrogens with one attached hydrogen (secondary N) is 1. The zero-order valence-electron chi connectivity index (χ0n) is 13.0. The summed E-state index contributed by atoms with van der Waals surface area (Å²) < 4.78 is 28.8. The van der Waals surface area contributed by atoms with Gasteiger partial charge in [0.1, 0.15) is 10.8 Å². The highest BCUT2D eigenvalue weighted by Crippen LogP contribution is 2.30. The van der Waals surface area contributed by atoms with Gasteiger partial charge in [0.25, 0.3) is 10.0 Å². The van der Waals surface area contributed by atoms with Crippen LogP contribution in [0.15, 0.2) is 64.9 Å². The normalized spacial score (nSPS) is 11.9. The summed E-state index contributed by atoms with van der Waals surface area (Å²) >= 11 is 1.22. The van der Waals surface area contributed by atoms with E-state index in [-0.39, 0.29) is 4.21 Å². The zero-order chi connectivity index (χ0) is 17.9. The number of aliphatic hydroxyl groups excluding tert-OH is 1. The van der Waals surface area contributed by atoms with Crippen molar-refractivity contribution in [2.75, 3.05) is 11.3 Å². The number of carbonyl (C=O) groups is 1. The molecule has 0 unspecified atom stereocenters. The van der Waals surface area contributed by atoms with E-state index in [0.29, 0.717) is 5.69 Å². The molecule has 0 bridgehead atoms. The predicted molar refractivity (Wildman–Crippen MR) is 100 cm³/mol. The van der Waals surface area contributed by atoms with Crippen LogP contribution in [0.3, 0.4) is 0 Å². The lowest BCUT2D eigenvalue weighted by Crippen LogP contribution is -2.11. The Labute approximate surface area is 149 Å². The fraction of sp³-hybridized carbons (Fsp3) is 0.0556. The average Bonchev–Trinajstić information content (AvgIpc) is 3.06. The maximum atomic E-state index is 12.5. The van der Waals surface area contributed by atoms with Gasteiger partial charge < -0.3 is 5.11 Å². The van der Waals surface area contributed by atoms with Gasteiger partial charge in [-0.3, -0.25) is 9.52 Å². The van der Waals surface area contributed by atoms with Crippen LogP contribution in [-0.2, 0) is 14.8 Å². The molecule has 0 fully saturated rings. The first kappa shape index (κ1) is 17.3. The molecule has 0 aliphatic heterocycles. The van der Waals surface area contributed by atoms with E-state index in [1.807, 2.05) is 24.3 Å². The number of thiophene rings is 1. The number of ketones is 1. The van der Waals surface area contributed by atoms with Crippen LogP contribution >= 0.6 is 11.3 Å². The van der Waals surface area contributed by atoms with Gasteiger partial charge in [-0.05, 0) is 41.3 Å². The van der Waals surface area contributed by atoms with E-state index < -0.39 is 22.4 Å². The molecular weight excluding hydrogens is 358 g/mol. The second-order valence-corrected chi connectivity index (χ2v) is 8.28. The highest BCUT2D eigenvalue weighted by atomic mass is 32.2. The van der Waals surface area contributed by atoms with Gasteiger partial charge in [0, 0.05) is 10.4 Å². The van der Waals surface area contributed by atoms with Gasteiger partial charge >= 0.3 is 0 Å². The third-order valence-corrected chi connectivity index (χ3v) is 6.42. The van der Waals surface area contributed by atoms with Crippen molar-refractivity contribution in [2.45, 2.75) is 4.21 Å². The third kappa shape index (κ3) is 4.14. The summed E-state index contributed by atoms with van der Waals surface area (Å²) in [5.41, 5.74) is 1.16. The molecule has 3 aromatic rings. The number of aliphatic hydroxyl groups is 1. The number of rotatable bonds is 6. The fourth-order valence-corrected chi connectivity index (χ4v) is 4.66. The van der Waals surface area contributed by atoms with E-state index in [0.717, 1.165) is 15.6 Å². The van der Waals surface area contributed by atoms with Crippen molar-refractivity contribution >= 4 is 49.0 Å². The Bertz CT molecular complexity index is 1000. The lowest BCUT2D eigenvalue weighted by molar-refractivity contribution is -0.117. The van der Waals surface area contributed by atoms with Gasteiger partial charge in [0.2, 0.25) is 0 Å². The Balaban J connectivity index is 1.78. The summed E-state index contributed by atoms with van der Waals surface area (Å²) in [4.78, 5) is 11.0. The molecule has 0 spiro atoms. The molecule has 128 valence electrons. The zero-order valence-corrected chi connectivity index (χ0v) is 14.7. The fourth-order valence-electron chi connectivity index (χ4n) is 2.20. The topological polar surface area (TPSA) is 83.5 Å². The van der Waals surface area contributed by atoms with Gasteiger partial charge in [0.05, 0.1) is 0 Å². The Kier molecular flexibility index (Phi) is 4.98. The van der Waals surface area contributed by atoms with Crippen LogP contribution in [0.2, 0.25) is 0 Å². The molecule has 25 heavy (non-hydrogen) atoms. The number of sulfonamides is 1. The van der Waals surface area contributed by atoms with Crippen molar-refractivity contribution in [3.63, 3.8) is 0 Å². The second kappa shape index (κ2) is 7.18. The largest absolute Gasteiger partial charge is 0.388 e. The Morgan fingerprint density at radius 1 is 1.12 bits per heavy atom. The number of anilines is 1. The van der Waals surface area contributed by atoms with E-state index in [1.54, 1.807) is 36.4 Å². The maximum Gasteiger partial charge on any atom is 0.271 e. The Morgan fingerprint density at radius 3 is 2.52 bits per heavy atom. The van der Waals surface area contributed by atoms with Crippen LogP contribution in [0.1, 0.15) is 5.56 Å². The van der Waals surface area contributed by atoms with Gasteiger partial charge in [-0.2, -0.15) is 0 Å². The first-order valence-corrected chi connectivity index (χ1v) is 9.71. The highest BCUT2D eigenvalue weighted by molar-refractivity contribution is 7.94. The maximum absolute atomic E-state index is 12.5. The monoisotopic (exact) mass is 373 g/mol. The quantitative estimate of drug-likeness (QED) is 0.650. The van der Waals surface area contributed by atoms with Crippen LogP contribution in [-0.4, -0.2) is 25.9 Å². The molecule has 0 aliphatic rings. The highest BCUT2D eigenvalue weighted by Gasteiger charge is 2.17. The lowest BCUT2D eigenvalue weighted by Gasteiger charge is -2.06. The molecule has 0 saturated carbocycles. The number of hydrogen-bond donors (Lipinski definition) is 2. The minimum Gasteiger partial charge on any atom is -0.388 e. The van der Waals surface area contributed by atoms with E-state index in [4.69, 9.17) is 5.11 Å². The van der Waals surface area contributed by atoms with Crippen LogP contribution in [0.5, 0.6) is 0 Å². The molecule has 0 radical (unpaired) electrons. The lowest BCUT2D eigenvalue weighted by atomic mass is 10.2. The molecule has 7 heteroatoms. The SMILES string of the molecule is O=C(/C=C/c1ccc(NS(=O)(=O)c2cc3ccccc3s2)cc1)CO. The van der Waals surface area contributed by atoms with Crippen molar-refractivity contribution in [1.29, 1.82) is 0 Å². The number of hydrogen-bond acceptors (Lipinski definition) is 5. The molecule has 0 atom stereocenters. The van der Waals surface area contributed by atoms with Crippen LogP contribution in [0.25, 0.3) is 16.2 Å². The Hall–Kier alpha value is -2.48. The molecule has 1 heterocycles. The smallest absolute Gasteiger partial charge is 0.271 e. The molecule has 5 nitrogen and oxygen atoms in total. The van der Waals surface area contributed by atoms with Gasteiger partial charge in [-0.15, -0.1) is 11.3 Å². The summed E-state index contributed by atoms with van der Waals surface area (Å²) in [7, 11) is -3.65. The van der Waals surface area contributed by atoms with Crippen LogP contribution in [0, 0.1) is 0 Å². The number of fused-ring (bicyclic) bond motifs is 1.